The summed E-state index contributed by atoms with van der Waals surface area (Å²) in [5, 5.41) is 9.21. The predicted octanol–water partition coefficient (Wildman–Crippen LogP) is 4.83. The third-order valence-corrected chi connectivity index (χ3v) is 8.74. The maximum absolute atomic E-state index is 14.1. The van der Waals surface area contributed by atoms with E-state index in [0.29, 0.717) is 41.3 Å². The van der Waals surface area contributed by atoms with Gasteiger partial charge in [0.15, 0.2) is 0 Å². The molecule has 0 bridgehead atoms. The van der Waals surface area contributed by atoms with Crippen molar-refractivity contribution < 1.29 is 18.8 Å². The molecule has 3 amide bonds. The monoisotopic (exact) mass is 646 g/mol. The third kappa shape index (κ3) is 7.79. The van der Waals surface area contributed by atoms with Gasteiger partial charge in [0.05, 0.1) is 29.9 Å². The zero-order valence-electron chi connectivity index (χ0n) is 27.1. The molecule has 4 aromatic rings. The topological polar surface area (TPSA) is 97.0 Å². The lowest BCUT2D eigenvalue weighted by atomic mass is 9.98. The fourth-order valence-corrected chi connectivity index (χ4v) is 5.91. The van der Waals surface area contributed by atoms with E-state index in [2.05, 4.69) is 32.8 Å². The van der Waals surface area contributed by atoms with Gasteiger partial charge in [-0.25, -0.2) is 4.39 Å². The lowest BCUT2D eigenvalue weighted by Crippen LogP contribution is -2.48. The average molecular weight is 647 g/mol. The Hall–Kier alpha value is -5.32. The number of fused-ring (bicyclic) bond motifs is 1. The Morgan fingerprint density at radius 1 is 0.875 bits per heavy atom. The summed E-state index contributed by atoms with van der Waals surface area (Å²) in [6, 6.07) is 28.8. The first-order chi connectivity index (χ1) is 23.2. The number of carbonyl (C=O) groups excluding carboxylic acids is 3. The number of nitrogens with zero attached hydrogens (tertiary/aromatic N) is 3. The van der Waals surface area contributed by atoms with E-state index >= 15 is 0 Å². The number of rotatable bonds is 10. The van der Waals surface area contributed by atoms with Crippen LogP contribution in [0, 0.1) is 5.82 Å². The first-order valence-corrected chi connectivity index (χ1v) is 16.0. The summed E-state index contributed by atoms with van der Waals surface area (Å²) in [7, 11) is 3.86. The highest BCUT2D eigenvalue weighted by Gasteiger charge is 2.29. The summed E-state index contributed by atoms with van der Waals surface area (Å²) in [6.07, 6.45) is 0.275. The molecule has 1 fully saturated rings. The summed E-state index contributed by atoms with van der Waals surface area (Å²) in [4.78, 5) is 45.2. The second kappa shape index (κ2) is 14.6. The van der Waals surface area contributed by atoms with Crippen LogP contribution in [0.15, 0.2) is 97.1 Å². The minimum absolute atomic E-state index is 0.0159. The number of benzene rings is 4. The zero-order chi connectivity index (χ0) is 33.6. The number of hydrogen-bond donors (Lipinski definition) is 3. The van der Waals surface area contributed by atoms with Crippen LogP contribution < -0.4 is 20.9 Å². The van der Waals surface area contributed by atoms with Crippen molar-refractivity contribution >= 4 is 46.1 Å². The molecule has 2 aliphatic heterocycles. The van der Waals surface area contributed by atoms with Crippen molar-refractivity contribution in [2.24, 2.45) is 0 Å². The first kappa shape index (κ1) is 32.6. The van der Waals surface area contributed by atoms with E-state index in [1.165, 1.54) is 12.1 Å². The fraction of sp³-hybridized carbons (Fsp3) is 0.237. The summed E-state index contributed by atoms with van der Waals surface area (Å²) < 4.78 is 14.1. The zero-order valence-corrected chi connectivity index (χ0v) is 27.1. The number of hydrogen-bond acceptors (Lipinski definition) is 6. The second-order valence-electron chi connectivity index (χ2n) is 12.2. The Morgan fingerprint density at radius 3 is 2.35 bits per heavy atom. The molecule has 1 saturated heterocycles. The smallest absolute Gasteiger partial charge is 0.258 e. The van der Waals surface area contributed by atoms with Crippen molar-refractivity contribution in [3.63, 3.8) is 0 Å². The predicted molar refractivity (Wildman–Crippen MR) is 188 cm³/mol. The van der Waals surface area contributed by atoms with E-state index in [1.807, 2.05) is 78.9 Å². The lowest BCUT2D eigenvalue weighted by Gasteiger charge is -2.32. The van der Waals surface area contributed by atoms with Gasteiger partial charge < -0.3 is 25.8 Å². The van der Waals surface area contributed by atoms with Crippen LogP contribution in [-0.4, -0.2) is 74.3 Å². The van der Waals surface area contributed by atoms with E-state index < -0.39 is 5.82 Å². The maximum Gasteiger partial charge on any atom is 0.258 e. The average Bonchev–Trinajstić information content (AvgIpc) is 3.42. The quantitative estimate of drug-likeness (QED) is 0.214. The van der Waals surface area contributed by atoms with Gasteiger partial charge in [0.25, 0.3) is 5.91 Å². The van der Waals surface area contributed by atoms with Gasteiger partial charge in [-0.15, -0.1) is 0 Å². The minimum atomic E-state index is -0.445. The van der Waals surface area contributed by atoms with E-state index in [-0.39, 0.29) is 24.1 Å². The molecule has 2 heterocycles. The van der Waals surface area contributed by atoms with Gasteiger partial charge in [0.2, 0.25) is 11.8 Å². The number of amides is 3. The second-order valence-corrected chi connectivity index (χ2v) is 12.2. The third-order valence-electron chi connectivity index (χ3n) is 8.74. The van der Waals surface area contributed by atoms with Crippen LogP contribution in [0.25, 0.3) is 11.3 Å². The van der Waals surface area contributed by atoms with Crippen LogP contribution in [0.4, 0.5) is 21.5 Å². The van der Waals surface area contributed by atoms with Crippen LogP contribution in [0.2, 0.25) is 0 Å². The van der Waals surface area contributed by atoms with Crippen molar-refractivity contribution in [3.8, 4) is 0 Å². The van der Waals surface area contributed by atoms with Crippen LogP contribution >= 0.6 is 0 Å². The van der Waals surface area contributed by atoms with Gasteiger partial charge in [0, 0.05) is 56.7 Å². The van der Waals surface area contributed by atoms with Gasteiger partial charge in [-0.05, 0) is 72.3 Å². The number of anilines is 3. The summed E-state index contributed by atoms with van der Waals surface area (Å²) in [6.45, 7) is 4.27. The molecule has 3 N–H and O–H groups in total. The fourth-order valence-electron chi connectivity index (χ4n) is 5.91. The highest BCUT2D eigenvalue weighted by atomic mass is 19.1. The highest BCUT2D eigenvalue weighted by Crippen LogP contribution is 2.38. The molecule has 9 nitrogen and oxygen atoms in total. The Labute approximate surface area is 280 Å². The Kier molecular flexibility index (Phi) is 9.94. The Balaban J connectivity index is 1.23. The molecule has 0 radical (unpaired) electrons. The standard InChI is InChI=1S/C38H39FN6O3/c1-43-17-19-45(20-18-43)25-35(47)44(2)31-14-12-30(13-15-31)41-37(36-32-16-11-29(39)23-33(32)42-38(36)48)28-10-6-9-27(21-28)24-40-34(46)22-26-7-4-3-5-8-26/h3-16,21,23,41H,17-20,22,24-25H2,1-2H3,(H,40,46)(H,42,48). The first-order valence-electron chi connectivity index (χ1n) is 16.0. The van der Waals surface area contributed by atoms with Crippen LogP contribution in [0.3, 0.4) is 0 Å². The maximum atomic E-state index is 14.1. The molecular formula is C38H39FN6O3. The highest BCUT2D eigenvalue weighted by molar-refractivity contribution is 6.37. The number of nitrogens with one attached hydrogen (secondary N) is 3. The molecule has 4 aromatic carbocycles. The SMILES string of the molecule is CN1CCN(CC(=O)N(C)c2ccc(NC(=C3C(=O)Nc4cc(F)ccc43)c3cccc(CNC(=O)Cc4ccccc4)c3)cc2)CC1. The van der Waals surface area contributed by atoms with Crippen molar-refractivity contribution in [3.05, 3.63) is 125 Å². The molecule has 6 rings (SSSR count). The minimum Gasteiger partial charge on any atom is -0.354 e. The molecule has 0 unspecified atom stereocenters. The van der Waals surface area contributed by atoms with Crippen molar-refractivity contribution in [1.29, 1.82) is 0 Å². The molecule has 246 valence electrons. The number of likely N-dealkylation sites (N-methyl/N-ethyl adjacent to an activating group) is 2. The van der Waals surface area contributed by atoms with Crippen LogP contribution in [0.5, 0.6) is 0 Å². The van der Waals surface area contributed by atoms with Crippen molar-refractivity contribution in [1.82, 2.24) is 15.1 Å². The number of halogens is 1. The summed E-state index contributed by atoms with van der Waals surface area (Å²) in [5.41, 5.74) is 5.83. The van der Waals surface area contributed by atoms with Gasteiger partial charge in [0.1, 0.15) is 5.82 Å². The van der Waals surface area contributed by atoms with Gasteiger partial charge in [-0.2, -0.15) is 0 Å². The molecular weight excluding hydrogens is 607 g/mol. The van der Waals surface area contributed by atoms with E-state index in [0.717, 1.165) is 48.6 Å². The van der Waals surface area contributed by atoms with Crippen LogP contribution in [0.1, 0.15) is 22.3 Å². The van der Waals surface area contributed by atoms with E-state index in [1.54, 1.807) is 18.0 Å². The van der Waals surface area contributed by atoms with Gasteiger partial charge >= 0.3 is 0 Å². The van der Waals surface area contributed by atoms with Crippen molar-refractivity contribution in [2.75, 3.05) is 62.4 Å². The Bertz CT molecular complexity index is 1840. The number of carbonyl (C=O) groups is 3. The molecule has 0 spiro atoms. The summed E-state index contributed by atoms with van der Waals surface area (Å²) in [5.74, 6) is -0.880. The van der Waals surface area contributed by atoms with Crippen molar-refractivity contribution in [2.45, 2.75) is 13.0 Å². The normalized spacial score (nSPS) is 15.8. The molecule has 0 aliphatic carbocycles. The summed E-state index contributed by atoms with van der Waals surface area (Å²) >= 11 is 0. The van der Waals surface area contributed by atoms with Crippen LogP contribution in [-0.2, 0) is 27.3 Å². The van der Waals surface area contributed by atoms with Gasteiger partial charge in [-0.3, -0.25) is 19.3 Å². The molecule has 2 aliphatic rings. The molecule has 0 atom stereocenters. The van der Waals surface area contributed by atoms with E-state index in [9.17, 15) is 18.8 Å². The molecule has 10 heteroatoms. The molecule has 0 saturated carbocycles. The Morgan fingerprint density at radius 2 is 1.60 bits per heavy atom. The van der Waals surface area contributed by atoms with Gasteiger partial charge in [-0.1, -0.05) is 48.5 Å². The molecule has 48 heavy (non-hydrogen) atoms. The molecule has 0 aromatic heterocycles. The lowest BCUT2D eigenvalue weighted by molar-refractivity contribution is -0.121. The van der Waals surface area contributed by atoms with E-state index in [4.69, 9.17) is 0 Å². The largest absolute Gasteiger partial charge is 0.354 e. The number of piperazine rings is 1.